The Balaban J connectivity index is 0.00000162. The summed E-state index contributed by atoms with van der Waals surface area (Å²) in [5, 5.41) is 18.0. The smallest absolute Gasteiger partial charge is 0.335 e. The summed E-state index contributed by atoms with van der Waals surface area (Å²) < 4.78 is 0. The Kier molecular flexibility index (Phi) is 4.69. The van der Waals surface area contributed by atoms with Crippen LogP contribution < -0.4 is 0 Å². The second kappa shape index (κ2) is 5.84. The number of rotatable bonds is 4. The summed E-state index contributed by atoms with van der Waals surface area (Å²) in [6.07, 6.45) is 0.915. The van der Waals surface area contributed by atoms with E-state index in [9.17, 15) is 9.90 Å². The van der Waals surface area contributed by atoms with Crippen LogP contribution in [0.15, 0.2) is 18.2 Å². The minimum Gasteiger partial charge on any atom is -0.478 e. The number of aromatic carboxylic acids is 1. The van der Waals surface area contributed by atoms with Crippen molar-refractivity contribution in [1.29, 1.82) is 0 Å². The number of benzene rings is 1. The zero-order valence-electron chi connectivity index (χ0n) is 9.88. The molecule has 0 aliphatic heterocycles. The van der Waals surface area contributed by atoms with Crippen molar-refractivity contribution in [2.45, 2.75) is 25.9 Å². The van der Waals surface area contributed by atoms with Crippen molar-refractivity contribution < 1.29 is 15.0 Å². The monoisotopic (exact) mass is 270 g/mol. The number of aromatic nitrogens is 2. The summed E-state index contributed by atoms with van der Waals surface area (Å²) in [6, 6.07) is 4.78. The normalized spacial score (nSPS) is 12.1. The number of aliphatic hydroxyl groups excluding tert-OH is 1. The molecule has 0 radical (unpaired) electrons. The first-order valence-corrected chi connectivity index (χ1v) is 5.46. The lowest BCUT2D eigenvalue weighted by Crippen LogP contribution is -2.02. The fraction of sp³-hybridized carbons (Fsp3) is 0.333. The number of imidazole rings is 1. The fourth-order valence-corrected chi connectivity index (χ4v) is 1.66. The largest absolute Gasteiger partial charge is 0.478 e. The number of fused-ring (bicyclic) bond motifs is 1. The molecule has 0 spiro atoms. The maximum atomic E-state index is 10.8. The lowest BCUT2D eigenvalue weighted by molar-refractivity contribution is 0.0697. The van der Waals surface area contributed by atoms with Gasteiger partial charge >= 0.3 is 5.97 Å². The Morgan fingerprint density at radius 2 is 2.22 bits per heavy atom. The van der Waals surface area contributed by atoms with Gasteiger partial charge in [-0.1, -0.05) is 0 Å². The predicted octanol–water partition coefficient (Wildman–Crippen LogP) is 2.00. The number of halogens is 1. The number of hydrogen-bond acceptors (Lipinski definition) is 3. The van der Waals surface area contributed by atoms with E-state index in [1.165, 1.54) is 6.07 Å². The molecule has 0 amide bonds. The van der Waals surface area contributed by atoms with Crippen LogP contribution in [0.4, 0.5) is 0 Å². The van der Waals surface area contributed by atoms with E-state index in [2.05, 4.69) is 9.97 Å². The number of carboxylic acid groups (broad SMARTS) is 1. The number of carbonyl (C=O) groups is 1. The quantitative estimate of drug-likeness (QED) is 0.793. The molecule has 6 heteroatoms. The van der Waals surface area contributed by atoms with Gasteiger partial charge in [-0.3, -0.25) is 0 Å². The second-order valence-electron chi connectivity index (χ2n) is 4.11. The molecule has 3 N–H and O–H groups in total. The maximum Gasteiger partial charge on any atom is 0.335 e. The van der Waals surface area contributed by atoms with Gasteiger partial charge in [0.2, 0.25) is 0 Å². The SMILES string of the molecule is CC(O)CCc1nc2ccc(C(=O)O)cc2[nH]1.Cl. The zero-order valence-corrected chi connectivity index (χ0v) is 10.7. The van der Waals surface area contributed by atoms with Crippen LogP contribution in [-0.4, -0.2) is 32.3 Å². The number of aryl methyl sites for hydroxylation is 1. The molecule has 1 atom stereocenters. The maximum absolute atomic E-state index is 10.8. The van der Waals surface area contributed by atoms with Gasteiger partial charge in [-0.2, -0.15) is 0 Å². The van der Waals surface area contributed by atoms with Crippen molar-refractivity contribution in [2.75, 3.05) is 0 Å². The summed E-state index contributed by atoms with van der Waals surface area (Å²) in [5.74, 6) is -0.185. The molecule has 2 aromatic rings. The molecule has 1 aromatic heterocycles. The van der Waals surface area contributed by atoms with Crippen LogP contribution in [0.3, 0.4) is 0 Å². The highest BCUT2D eigenvalue weighted by atomic mass is 35.5. The van der Waals surface area contributed by atoms with Crippen LogP contribution in [0.1, 0.15) is 29.5 Å². The Morgan fingerprint density at radius 3 is 2.83 bits per heavy atom. The average molecular weight is 271 g/mol. The minimum atomic E-state index is -0.952. The number of aromatic amines is 1. The van der Waals surface area contributed by atoms with E-state index in [4.69, 9.17) is 5.11 Å². The van der Waals surface area contributed by atoms with E-state index in [-0.39, 0.29) is 24.1 Å². The second-order valence-corrected chi connectivity index (χ2v) is 4.11. The molecule has 2 rings (SSSR count). The molecule has 0 aliphatic carbocycles. The van der Waals surface area contributed by atoms with Gasteiger partial charge in [-0.15, -0.1) is 12.4 Å². The first kappa shape index (κ1) is 14.5. The Labute approximate surface area is 110 Å². The molecule has 18 heavy (non-hydrogen) atoms. The van der Waals surface area contributed by atoms with E-state index in [1.54, 1.807) is 19.1 Å². The summed E-state index contributed by atoms with van der Waals surface area (Å²) in [5.41, 5.74) is 1.70. The molecular weight excluding hydrogens is 256 g/mol. The lowest BCUT2D eigenvalue weighted by Gasteiger charge is -1.99. The molecule has 1 heterocycles. The van der Waals surface area contributed by atoms with E-state index in [0.717, 1.165) is 11.3 Å². The molecule has 0 saturated carbocycles. The third-order valence-corrected chi connectivity index (χ3v) is 2.58. The first-order chi connectivity index (χ1) is 8.06. The zero-order chi connectivity index (χ0) is 12.4. The third kappa shape index (κ3) is 3.21. The molecule has 0 saturated heterocycles. The summed E-state index contributed by atoms with van der Waals surface area (Å²) in [7, 11) is 0. The summed E-state index contributed by atoms with van der Waals surface area (Å²) in [6.45, 7) is 1.73. The average Bonchev–Trinajstić information content (AvgIpc) is 2.67. The Morgan fingerprint density at radius 1 is 1.50 bits per heavy atom. The number of aliphatic hydroxyl groups is 1. The molecular formula is C12H15ClN2O3. The highest BCUT2D eigenvalue weighted by Gasteiger charge is 2.08. The van der Waals surface area contributed by atoms with E-state index < -0.39 is 5.97 Å². The molecule has 5 nitrogen and oxygen atoms in total. The van der Waals surface area contributed by atoms with Gasteiger partial charge in [-0.25, -0.2) is 9.78 Å². The fourth-order valence-electron chi connectivity index (χ4n) is 1.66. The van der Waals surface area contributed by atoms with Gasteiger partial charge in [0, 0.05) is 6.42 Å². The number of nitrogens with zero attached hydrogens (tertiary/aromatic N) is 1. The van der Waals surface area contributed by atoms with Crippen molar-refractivity contribution >= 4 is 29.4 Å². The lowest BCUT2D eigenvalue weighted by atomic mass is 10.2. The minimum absolute atomic E-state index is 0. The van der Waals surface area contributed by atoms with Crippen LogP contribution in [-0.2, 0) is 6.42 Å². The summed E-state index contributed by atoms with van der Waals surface area (Å²) in [4.78, 5) is 18.2. The molecule has 1 unspecified atom stereocenters. The number of carboxylic acids is 1. The van der Waals surface area contributed by atoms with Gasteiger partial charge in [0.15, 0.2) is 0 Å². The highest BCUT2D eigenvalue weighted by Crippen LogP contribution is 2.15. The van der Waals surface area contributed by atoms with Gasteiger partial charge in [0.25, 0.3) is 0 Å². The molecule has 1 aromatic carbocycles. The van der Waals surface area contributed by atoms with Gasteiger partial charge < -0.3 is 15.2 Å². The van der Waals surface area contributed by atoms with Crippen LogP contribution in [0, 0.1) is 0 Å². The number of nitrogens with one attached hydrogen (secondary N) is 1. The van der Waals surface area contributed by atoms with E-state index in [1.807, 2.05) is 0 Å². The van der Waals surface area contributed by atoms with Gasteiger partial charge in [-0.05, 0) is 31.5 Å². The standard InChI is InChI=1S/C12H14N2O3.ClH/c1-7(15)2-5-11-13-9-4-3-8(12(16)17)6-10(9)14-11;/h3-4,6-7,15H,2,5H2,1H3,(H,13,14)(H,16,17);1H. The van der Waals surface area contributed by atoms with Crippen LogP contribution >= 0.6 is 12.4 Å². The van der Waals surface area contributed by atoms with E-state index in [0.29, 0.717) is 18.4 Å². The molecule has 0 fully saturated rings. The predicted molar refractivity (Wildman–Crippen MR) is 70.3 cm³/mol. The Bertz CT molecular complexity index is 551. The van der Waals surface area contributed by atoms with Gasteiger partial charge in [0.1, 0.15) is 5.82 Å². The molecule has 0 bridgehead atoms. The van der Waals surface area contributed by atoms with Crippen molar-refractivity contribution in [1.82, 2.24) is 9.97 Å². The number of H-pyrrole nitrogens is 1. The van der Waals surface area contributed by atoms with Gasteiger partial charge in [0.05, 0.1) is 22.7 Å². The van der Waals surface area contributed by atoms with Crippen LogP contribution in [0.25, 0.3) is 11.0 Å². The molecule has 98 valence electrons. The highest BCUT2D eigenvalue weighted by molar-refractivity contribution is 5.92. The van der Waals surface area contributed by atoms with E-state index >= 15 is 0 Å². The summed E-state index contributed by atoms with van der Waals surface area (Å²) >= 11 is 0. The van der Waals surface area contributed by atoms with Crippen LogP contribution in [0.2, 0.25) is 0 Å². The van der Waals surface area contributed by atoms with Crippen molar-refractivity contribution in [2.24, 2.45) is 0 Å². The van der Waals surface area contributed by atoms with Crippen molar-refractivity contribution in [3.05, 3.63) is 29.6 Å². The topological polar surface area (TPSA) is 86.2 Å². The molecule has 0 aliphatic rings. The third-order valence-electron chi connectivity index (χ3n) is 2.58. The number of hydrogen-bond donors (Lipinski definition) is 3. The first-order valence-electron chi connectivity index (χ1n) is 5.46. The van der Waals surface area contributed by atoms with Crippen LogP contribution in [0.5, 0.6) is 0 Å². The van der Waals surface area contributed by atoms with Crippen molar-refractivity contribution in [3.8, 4) is 0 Å². The van der Waals surface area contributed by atoms with Crippen molar-refractivity contribution in [3.63, 3.8) is 0 Å². The Hall–Kier alpha value is -1.59.